The molecule has 0 amide bonds. The van der Waals surface area contributed by atoms with Crippen LogP contribution in [0.1, 0.15) is 17.5 Å². The van der Waals surface area contributed by atoms with E-state index in [-0.39, 0.29) is 6.61 Å². The molecular formula is C8H12N2O2. The van der Waals surface area contributed by atoms with E-state index in [2.05, 4.69) is 9.97 Å². The summed E-state index contributed by atoms with van der Waals surface area (Å²) >= 11 is 0. The summed E-state index contributed by atoms with van der Waals surface area (Å²) in [6.45, 7) is 2.09. The molecule has 0 saturated heterocycles. The average molecular weight is 168 g/mol. The van der Waals surface area contributed by atoms with Gasteiger partial charge in [0.2, 0.25) is 0 Å². The molecule has 0 saturated carbocycles. The molecule has 4 nitrogen and oxygen atoms in total. The van der Waals surface area contributed by atoms with Gasteiger partial charge in [0.25, 0.3) is 0 Å². The van der Waals surface area contributed by atoms with E-state index in [9.17, 15) is 5.11 Å². The van der Waals surface area contributed by atoms with Gasteiger partial charge in [-0.15, -0.1) is 0 Å². The highest BCUT2D eigenvalue weighted by Gasteiger charge is 2.07. The van der Waals surface area contributed by atoms with Crippen molar-refractivity contribution >= 4 is 0 Å². The van der Waals surface area contributed by atoms with Gasteiger partial charge >= 0.3 is 0 Å². The minimum absolute atomic E-state index is 0.248. The van der Waals surface area contributed by atoms with Gasteiger partial charge in [-0.2, -0.15) is 0 Å². The lowest BCUT2D eigenvalue weighted by molar-refractivity contribution is 0.0614. The number of methoxy groups -OCH3 is 1. The van der Waals surface area contributed by atoms with Crippen molar-refractivity contribution in [1.29, 1.82) is 0 Å². The minimum atomic E-state index is -0.678. The topological polar surface area (TPSA) is 55.2 Å². The van der Waals surface area contributed by atoms with E-state index in [4.69, 9.17) is 4.74 Å². The summed E-state index contributed by atoms with van der Waals surface area (Å²) in [5.41, 5.74) is 1.38. The zero-order chi connectivity index (χ0) is 8.97. The van der Waals surface area contributed by atoms with Crippen molar-refractivity contribution in [1.82, 2.24) is 9.97 Å². The van der Waals surface area contributed by atoms with Crippen LogP contribution in [0.5, 0.6) is 0 Å². The molecule has 0 radical (unpaired) electrons. The van der Waals surface area contributed by atoms with Gasteiger partial charge in [-0.3, -0.25) is 9.97 Å². The van der Waals surface area contributed by atoms with E-state index in [1.54, 1.807) is 12.4 Å². The molecule has 1 atom stereocenters. The Morgan fingerprint density at radius 2 is 2.25 bits per heavy atom. The third-order valence-electron chi connectivity index (χ3n) is 1.47. The molecule has 1 rings (SSSR count). The van der Waals surface area contributed by atoms with Gasteiger partial charge < -0.3 is 9.84 Å². The standard InChI is InChI=1S/C8H12N2O2/c1-6-3-10-7(4-9-6)8(11)5-12-2/h3-4,8,11H,5H2,1-2H3/t8-/m1/s1. The van der Waals surface area contributed by atoms with Crippen molar-refractivity contribution in [2.24, 2.45) is 0 Å². The second kappa shape index (κ2) is 4.13. The molecule has 0 spiro atoms. The summed E-state index contributed by atoms with van der Waals surface area (Å²) in [5.74, 6) is 0. The highest BCUT2D eigenvalue weighted by molar-refractivity contribution is 5.03. The largest absolute Gasteiger partial charge is 0.384 e. The quantitative estimate of drug-likeness (QED) is 0.712. The molecule has 1 N–H and O–H groups in total. The Morgan fingerprint density at radius 3 is 2.75 bits per heavy atom. The third kappa shape index (κ3) is 2.25. The second-order valence-electron chi connectivity index (χ2n) is 2.55. The number of hydrogen-bond acceptors (Lipinski definition) is 4. The van der Waals surface area contributed by atoms with Crippen LogP contribution in [0.15, 0.2) is 12.4 Å². The summed E-state index contributed by atoms with van der Waals surface area (Å²) in [5, 5.41) is 9.38. The second-order valence-corrected chi connectivity index (χ2v) is 2.55. The van der Waals surface area contributed by atoms with Crippen LogP contribution in [0, 0.1) is 6.92 Å². The Morgan fingerprint density at radius 1 is 1.50 bits per heavy atom. The van der Waals surface area contributed by atoms with Crippen molar-refractivity contribution < 1.29 is 9.84 Å². The first-order valence-electron chi connectivity index (χ1n) is 3.69. The van der Waals surface area contributed by atoms with Crippen LogP contribution in [0.4, 0.5) is 0 Å². The summed E-state index contributed by atoms with van der Waals surface area (Å²) < 4.78 is 4.77. The van der Waals surface area contributed by atoms with E-state index in [1.165, 1.54) is 7.11 Å². The van der Waals surface area contributed by atoms with E-state index in [1.807, 2.05) is 6.92 Å². The van der Waals surface area contributed by atoms with Crippen LogP contribution in [0.2, 0.25) is 0 Å². The Balaban J connectivity index is 2.68. The monoisotopic (exact) mass is 168 g/mol. The number of aliphatic hydroxyl groups excluding tert-OH is 1. The molecular weight excluding hydrogens is 156 g/mol. The first-order chi connectivity index (χ1) is 5.74. The number of aryl methyl sites for hydroxylation is 1. The number of nitrogens with zero attached hydrogens (tertiary/aromatic N) is 2. The Bertz CT molecular complexity index is 235. The molecule has 1 aromatic rings. The SMILES string of the molecule is COC[C@@H](O)c1cnc(C)cn1. The van der Waals surface area contributed by atoms with Gasteiger partial charge in [-0.05, 0) is 6.92 Å². The van der Waals surface area contributed by atoms with E-state index < -0.39 is 6.10 Å². The highest BCUT2D eigenvalue weighted by atomic mass is 16.5. The molecule has 0 aliphatic heterocycles. The fourth-order valence-corrected chi connectivity index (χ4v) is 0.818. The lowest BCUT2D eigenvalue weighted by Gasteiger charge is -2.07. The Labute approximate surface area is 71.2 Å². The predicted octanol–water partition coefficient (Wildman–Crippen LogP) is 0.465. The average Bonchev–Trinajstić information content (AvgIpc) is 2.06. The maximum absolute atomic E-state index is 9.38. The first kappa shape index (κ1) is 9.09. The number of aliphatic hydroxyl groups is 1. The van der Waals surface area contributed by atoms with Crippen molar-refractivity contribution in [3.05, 3.63) is 23.8 Å². The van der Waals surface area contributed by atoms with Crippen molar-refractivity contribution in [2.45, 2.75) is 13.0 Å². The zero-order valence-corrected chi connectivity index (χ0v) is 7.19. The lowest BCUT2D eigenvalue weighted by Crippen LogP contribution is -2.07. The molecule has 12 heavy (non-hydrogen) atoms. The molecule has 0 aromatic carbocycles. The number of aromatic nitrogens is 2. The highest BCUT2D eigenvalue weighted by Crippen LogP contribution is 2.07. The fraction of sp³-hybridized carbons (Fsp3) is 0.500. The van der Waals surface area contributed by atoms with Gasteiger partial charge in [0.1, 0.15) is 6.10 Å². The molecule has 1 aromatic heterocycles. The minimum Gasteiger partial charge on any atom is -0.384 e. The van der Waals surface area contributed by atoms with Gasteiger partial charge in [0.05, 0.1) is 24.2 Å². The molecule has 0 bridgehead atoms. The van der Waals surface area contributed by atoms with Gasteiger partial charge in [0.15, 0.2) is 0 Å². The number of hydrogen-bond donors (Lipinski definition) is 1. The number of ether oxygens (including phenoxy) is 1. The normalized spacial score (nSPS) is 12.9. The summed E-state index contributed by atoms with van der Waals surface area (Å²) in [6, 6.07) is 0. The predicted molar refractivity (Wildman–Crippen MR) is 43.6 cm³/mol. The third-order valence-corrected chi connectivity index (χ3v) is 1.47. The lowest BCUT2D eigenvalue weighted by atomic mass is 10.3. The van der Waals surface area contributed by atoms with E-state index in [0.29, 0.717) is 5.69 Å². The van der Waals surface area contributed by atoms with Crippen LogP contribution in [-0.4, -0.2) is 28.8 Å². The van der Waals surface area contributed by atoms with Crippen LogP contribution in [0.3, 0.4) is 0 Å². The summed E-state index contributed by atoms with van der Waals surface area (Å²) in [4.78, 5) is 8.01. The molecule has 0 unspecified atom stereocenters. The van der Waals surface area contributed by atoms with Gasteiger partial charge in [-0.25, -0.2) is 0 Å². The maximum atomic E-state index is 9.38. The van der Waals surface area contributed by atoms with Crippen molar-refractivity contribution in [3.63, 3.8) is 0 Å². The van der Waals surface area contributed by atoms with Crippen molar-refractivity contribution in [2.75, 3.05) is 13.7 Å². The van der Waals surface area contributed by atoms with E-state index in [0.717, 1.165) is 5.69 Å². The van der Waals surface area contributed by atoms with Crippen molar-refractivity contribution in [3.8, 4) is 0 Å². The van der Waals surface area contributed by atoms with Crippen LogP contribution in [-0.2, 0) is 4.74 Å². The van der Waals surface area contributed by atoms with Gasteiger partial charge in [-0.1, -0.05) is 0 Å². The van der Waals surface area contributed by atoms with E-state index >= 15 is 0 Å². The molecule has 1 heterocycles. The zero-order valence-electron chi connectivity index (χ0n) is 7.19. The molecule has 0 fully saturated rings. The summed E-state index contributed by atoms with van der Waals surface area (Å²) in [6.07, 6.45) is 2.50. The fourth-order valence-electron chi connectivity index (χ4n) is 0.818. The molecule has 4 heteroatoms. The maximum Gasteiger partial charge on any atom is 0.121 e. The molecule has 0 aliphatic rings. The van der Waals surface area contributed by atoms with Crippen LogP contribution < -0.4 is 0 Å². The van der Waals surface area contributed by atoms with Gasteiger partial charge in [0, 0.05) is 13.3 Å². The van der Waals surface area contributed by atoms with Crippen LogP contribution >= 0.6 is 0 Å². The Hall–Kier alpha value is -1.00. The summed E-state index contributed by atoms with van der Waals surface area (Å²) in [7, 11) is 1.53. The smallest absolute Gasteiger partial charge is 0.121 e. The Kier molecular flexibility index (Phi) is 3.13. The molecule has 0 aliphatic carbocycles. The van der Waals surface area contributed by atoms with Crippen LogP contribution in [0.25, 0.3) is 0 Å². The first-order valence-corrected chi connectivity index (χ1v) is 3.69. The number of rotatable bonds is 3. The molecule has 66 valence electrons.